The molecule has 102 valence electrons. The summed E-state index contributed by atoms with van der Waals surface area (Å²) in [6.07, 6.45) is 3.07. The van der Waals surface area contributed by atoms with Crippen LogP contribution in [0.2, 0.25) is 0 Å². The molecule has 0 saturated carbocycles. The van der Waals surface area contributed by atoms with Crippen molar-refractivity contribution in [3.63, 3.8) is 0 Å². The average Bonchev–Trinajstić information content (AvgIpc) is 3.06. The molecule has 0 saturated heterocycles. The van der Waals surface area contributed by atoms with Gasteiger partial charge in [-0.1, -0.05) is 13.0 Å². The lowest BCUT2D eigenvalue weighted by molar-refractivity contribution is 0.0697. The van der Waals surface area contributed by atoms with Gasteiger partial charge in [-0.25, -0.2) is 4.79 Å². The maximum absolute atomic E-state index is 11.1. The van der Waals surface area contributed by atoms with Crippen molar-refractivity contribution in [1.29, 1.82) is 0 Å². The molecule has 2 heterocycles. The van der Waals surface area contributed by atoms with Crippen molar-refractivity contribution in [1.82, 2.24) is 4.57 Å². The molecule has 0 fully saturated rings. The number of hydrogen-bond donors (Lipinski definition) is 1. The van der Waals surface area contributed by atoms with Gasteiger partial charge in [0.05, 0.1) is 12.1 Å². The number of carboxylic acids is 1. The minimum Gasteiger partial charge on any atom is -0.478 e. The van der Waals surface area contributed by atoms with Crippen LogP contribution in [0.5, 0.6) is 0 Å². The van der Waals surface area contributed by atoms with E-state index in [0.29, 0.717) is 5.56 Å². The molecule has 0 bridgehead atoms. The van der Waals surface area contributed by atoms with Gasteiger partial charge in [-0.15, -0.1) is 11.3 Å². The summed E-state index contributed by atoms with van der Waals surface area (Å²) in [6, 6.07) is 11.6. The number of thiophene rings is 1. The number of aryl methyl sites for hydroxylation is 1. The molecule has 0 unspecified atom stereocenters. The van der Waals surface area contributed by atoms with Crippen LogP contribution in [-0.2, 0) is 13.0 Å². The standard InChI is InChI=1S/C16H15NO2S/c1-2-13-5-6-14(20-13)10-17-8-7-11-3-4-12(16(18)19)9-15(11)17/h3-9H,2,10H2,1H3,(H,18,19). The van der Waals surface area contributed by atoms with Crippen LogP contribution in [0.25, 0.3) is 10.9 Å². The number of fused-ring (bicyclic) bond motifs is 1. The Morgan fingerprint density at radius 1 is 1.20 bits per heavy atom. The first-order valence-corrected chi connectivity index (χ1v) is 7.39. The minimum absolute atomic E-state index is 0.331. The summed E-state index contributed by atoms with van der Waals surface area (Å²) in [5, 5.41) is 10.2. The summed E-state index contributed by atoms with van der Waals surface area (Å²) >= 11 is 1.81. The summed E-state index contributed by atoms with van der Waals surface area (Å²) in [5.74, 6) is -0.885. The lowest BCUT2D eigenvalue weighted by Gasteiger charge is -2.04. The normalized spacial score (nSPS) is 11.1. The Hall–Kier alpha value is -2.07. The van der Waals surface area contributed by atoms with E-state index in [1.54, 1.807) is 12.1 Å². The van der Waals surface area contributed by atoms with Crippen LogP contribution in [0.3, 0.4) is 0 Å². The van der Waals surface area contributed by atoms with Crippen LogP contribution in [-0.4, -0.2) is 15.6 Å². The summed E-state index contributed by atoms with van der Waals surface area (Å²) in [4.78, 5) is 13.7. The second-order valence-electron chi connectivity index (χ2n) is 4.74. The smallest absolute Gasteiger partial charge is 0.335 e. The predicted octanol–water partition coefficient (Wildman–Crippen LogP) is 4.01. The van der Waals surface area contributed by atoms with E-state index in [2.05, 4.69) is 23.6 Å². The Morgan fingerprint density at radius 3 is 2.70 bits per heavy atom. The summed E-state index contributed by atoms with van der Waals surface area (Å²) in [5.41, 5.74) is 1.30. The van der Waals surface area contributed by atoms with E-state index in [9.17, 15) is 4.79 Å². The van der Waals surface area contributed by atoms with Crippen LogP contribution in [0.1, 0.15) is 27.0 Å². The maximum atomic E-state index is 11.1. The van der Waals surface area contributed by atoms with Crippen molar-refractivity contribution in [2.45, 2.75) is 19.9 Å². The van der Waals surface area contributed by atoms with Gasteiger partial charge in [0, 0.05) is 21.5 Å². The van der Waals surface area contributed by atoms with E-state index in [4.69, 9.17) is 5.11 Å². The van der Waals surface area contributed by atoms with Gasteiger partial charge in [-0.05, 0) is 42.1 Å². The Kier molecular flexibility index (Phi) is 3.32. The van der Waals surface area contributed by atoms with Crippen molar-refractivity contribution in [3.05, 3.63) is 57.9 Å². The summed E-state index contributed by atoms with van der Waals surface area (Å²) in [6.45, 7) is 2.94. The van der Waals surface area contributed by atoms with Crippen LogP contribution in [0, 0.1) is 0 Å². The SMILES string of the molecule is CCc1ccc(Cn2ccc3ccc(C(=O)O)cc32)s1. The monoisotopic (exact) mass is 285 g/mol. The van der Waals surface area contributed by atoms with E-state index in [1.807, 2.05) is 29.7 Å². The number of carbonyl (C=O) groups is 1. The third-order valence-electron chi connectivity index (χ3n) is 3.41. The van der Waals surface area contributed by atoms with Gasteiger partial charge in [0.15, 0.2) is 0 Å². The first-order chi connectivity index (χ1) is 9.67. The largest absolute Gasteiger partial charge is 0.478 e. The molecule has 0 aliphatic heterocycles. The molecule has 20 heavy (non-hydrogen) atoms. The van der Waals surface area contributed by atoms with Crippen molar-refractivity contribution in [2.24, 2.45) is 0 Å². The van der Waals surface area contributed by atoms with Gasteiger partial charge >= 0.3 is 5.97 Å². The highest BCUT2D eigenvalue weighted by atomic mass is 32.1. The van der Waals surface area contributed by atoms with E-state index in [0.717, 1.165) is 23.9 Å². The molecule has 1 N–H and O–H groups in total. The van der Waals surface area contributed by atoms with Crippen molar-refractivity contribution >= 4 is 28.2 Å². The van der Waals surface area contributed by atoms with Gasteiger partial charge in [0.25, 0.3) is 0 Å². The number of carboxylic acid groups (broad SMARTS) is 1. The van der Waals surface area contributed by atoms with Gasteiger partial charge in [0.1, 0.15) is 0 Å². The maximum Gasteiger partial charge on any atom is 0.335 e. The molecule has 0 atom stereocenters. The van der Waals surface area contributed by atoms with Gasteiger partial charge in [0.2, 0.25) is 0 Å². The fraction of sp³-hybridized carbons (Fsp3) is 0.188. The topological polar surface area (TPSA) is 42.2 Å². The summed E-state index contributed by atoms with van der Waals surface area (Å²) < 4.78 is 2.10. The predicted molar refractivity (Wildman–Crippen MR) is 81.7 cm³/mol. The highest BCUT2D eigenvalue weighted by molar-refractivity contribution is 7.11. The quantitative estimate of drug-likeness (QED) is 0.787. The fourth-order valence-electron chi connectivity index (χ4n) is 2.32. The molecule has 2 aromatic heterocycles. The Balaban J connectivity index is 1.98. The highest BCUT2D eigenvalue weighted by Crippen LogP contribution is 2.22. The molecular weight excluding hydrogens is 270 g/mol. The second kappa shape index (κ2) is 5.13. The summed E-state index contributed by atoms with van der Waals surface area (Å²) in [7, 11) is 0. The molecule has 3 nitrogen and oxygen atoms in total. The molecule has 0 aliphatic rings. The van der Waals surface area contributed by atoms with E-state index < -0.39 is 5.97 Å². The van der Waals surface area contributed by atoms with E-state index >= 15 is 0 Å². The second-order valence-corrected chi connectivity index (χ2v) is 6.00. The minimum atomic E-state index is -0.885. The lowest BCUT2D eigenvalue weighted by Crippen LogP contribution is -1.99. The number of benzene rings is 1. The third kappa shape index (κ3) is 2.34. The van der Waals surface area contributed by atoms with Crippen molar-refractivity contribution in [3.8, 4) is 0 Å². The van der Waals surface area contributed by atoms with Gasteiger partial charge in [-0.2, -0.15) is 0 Å². The van der Waals surface area contributed by atoms with Crippen LogP contribution in [0.15, 0.2) is 42.6 Å². The molecule has 0 spiro atoms. The first kappa shape index (κ1) is 12.9. The molecule has 0 aliphatic carbocycles. The third-order valence-corrected chi connectivity index (χ3v) is 4.63. The van der Waals surface area contributed by atoms with E-state index in [1.165, 1.54) is 9.75 Å². The molecule has 0 radical (unpaired) electrons. The average molecular weight is 285 g/mol. The molecule has 0 amide bonds. The van der Waals surface area contributed by atoms with Crippen LogP contribution < -0.4 is 0 Å². The molecular formula is C16H15NO2S. The van der Waals surface area contributed by atoms with Crippen molar-refractivity contribution < 1.29 is 9.90 Å². The zero-order chi connectivity index (χ0) is 14.1. The molecule has 3 rings (SSSR count). The highest BCUT2D eigenvalue weighted by Gasteiger charge is 2.08. The first-order valence-electron chi connectivity index (χ1n) is 6.57. The Labute approximate surface area is 121 Å². The van der Waals surface area contributed by atoms with Crippen LogP contribution in [0.4, 0.5) is 0 Å². The van der Waals surface area contributed by atoms with E-state index in [-0.39, 0.29) is 0 Å². The molecule has 4 heteroatoms. The fourth-order valence-corrected chi connectivity index (χ4v) is 3.28. The number of rotatable bonds is 4. The zero-order valence-electron chi connectivity index (χ0n) is 11.2. The number of hydrogen-bond acceptors (Lipinski definition) is 2. The van der Waals surface area contributed by atoms with Crippen LogP contribution >= 0.6 is 11.3 Å². The zero-order valence-corrected chi connectivity index (χ0v) is 12.0. The number of nitrogens with zero attached hydrogens (tertiary/aromatic N) is 1. The van der Waals surface area contributed by atoms with Gasteiger partial charge < -0.3 is 9.67 Å². The Morgan fingerprint density at radius 2 is 2.00 bits per heavy atom. The number of aromatic nitrogens is 1. The lowest BCUT2D eigenvalue weighted by atomic mass is 10.1. The molecule has 1 aromatic carbocycles. The Bertz CT molecular complexity index is 770. The number of aromatic carboxylic acids is 1. The van der Waals surface area contributed by atoms with Crippen molar-refractivity contribution in [2.75, 3.05) is 0 Å². The van der Waals surface area contributed by atoms with Gasteiger partial charge in [-0.3, -0.25) is 0 Å². The molecule has 3 aromatic rings.